The summed E-state index contributed by atoms with van der Waals surface area (Å²) in [7, 11) is 0. The molecule has 0 unspecified atom stereocenters. The number of hydrogen-bond donors (Lipinski definition) is 1. The fourth-order valence-corrected chi connectivity index (χ4v) is 1.71. The van der Waals surface area contributed by atoms with Crippen molar-refractivity contribution in [2.24, 2.45) is 0 Å². The summed E-state index contributed by atoms with van der Waals surface area (Å²) >= 11 is 0. The maximum atomic E-state index is 9.67. The molecule has 0 aromatic carbocycles. The summed E-state index contributed by atoms with van der Waals surface area (Å²) in [5.41, 5.74) is 1.60. The zero-order chi connectivity index (χ0) is 9.54. The van der Waals surface area contributed by atoms with Crippen molar-refractivity contribution in [3.8, 4) is 5.88 Å². The third-order valence-corrected chi connectivity index (χ3v) is 2.62. The van der Waals surface area contributed by atoms with E-state index in [0.29, 0.717) is 11.6 Å². The van der Waals surface area contributed by atoms with Crippen LogP contribution in [0.25, 0.3) is 11.0 Å². The highest BCUT2D eigenvalue weighted by Crippen LogP contribution is 2.43. The number of rotatable bonds is 1. The van der Waals surface area contributed by atoms with Crippen molar-refractivity contribution in [2.45, 2.75) is 18.8 Å². The Kier molecular flexibility index (Phi) is 1.48. The van der Waals surface area contributed by atoms with Crippen LogP contribution in [0, 0.1) is 0 Å². The van der Waals surface area contributed by atoms with E-state index in [1.165, 1.54) is 12.8 Å². The van der Waals surface area contributed by atoms with Gasteiger partial charge in [-0.2, -0.15) is 4.98 Å². The van der Waals surface area contributed by atoms with E-state index in [9.17, 15) is 5.11 Å². The molecule has 70 valence electrons. The molecular formula is C11H10N2O. The summed E-state index contributed by atoms with van der Waals surface area (Å²) in [6.07, 6.45) is 4.02. The molecular weight excluding hydrogens is 176 g/mol. The summed E-state index contributed by atoms with van der Waals surface area (Å²) < 4.78 is 0. The van der Waals surface area contributed by atoms with E-state index in [1.807, 2.05) is 18.2 Å². The maximum absolute atomic E-state index is 9.67. The first-order valence-electron chi connectivity index (χ1n) is 4.79. The van der Waals surface area contributed by atoms with Crippen molar-refractivity contribution in [1.82, 2.24) is 9.97 Å². The highest BCUT2D eigenvalue weighted by Gasteiger charge is 2.27. The third kappa shape index (κ3) is 1.13. The molecule has 0 aliphatic heterocycles. The molecule has 14 heavy (non-hydrogen) atoms. The van der Waals surface area contributed by atoms with Crippen LogP contribution in [0.3, 0.4) is 0 Å². The van der Waals surface area contributed by atoms with Crippen LogP contribution >= 0.6 is 0 Å². The number of aromatic hydroxyl groups is 1. The molecule has 0 spiro atoms. The van der Waals surface area contributed by atoms with E-state index in [2.05, 4.69) is 9.97 Å². The zero-order valence-corrected chi connectivity index (χ0v) is 7.64. The largest absolute Gasteiger partial charge is 0.493 e. The Morgan fingerprint density at radius 3 is 3.00 bits per heavy atom. The number of aromatic nitrogens is 2. The van der Waals surface area contributed by atoms with Gasteiger partial charge in [-0.1, -0.05) is 0 Å². The first-order valence-corrected chi connectivity index (χ1v) is 4.79. The van der Waals surface area contributed by atoms with Crippen molar-refractivity contribution in [1.29, 1.82) is 0 Å². The molecule has 2 aromatic heterocycles. The van der Waals surface area contributed by atoms with Crippen LogP contribution < -0.4 is 0 Å². The van der Waals surface area contributed by atoms with Crippen molar-refractivity contribution in [3.63, 3.8) is 0 Å². The minimum atomic E-state index is 0.152. The van der Waals surface area contributed by atoms with Gasteiger partial charge in [0.25, 0.3) is 0 Å². The SMILES string of the molecule is Oc1nc2ncccc2cc1C1CC1. The van der Waals surface area contributed by atoms with Gasteiger partial charge in [0.15, 0.2) is 5.65 Å². The minimum absolute atomic E-state index is 0.152. The molecule has 3 rings (SSSR count). The quantitative estimate of drug-likeness (QED) is 0.742. The first kappa shape index (κ1) is 7.74. The van der Waals surface area contributed by atoms with Crippen LogP contribution in [-0.2, 0) is 0 Å². The average Bonchev–Trinajstić information content (AvgIpc) is 3.00. The zero-order valence-electron chi connectivity index (χ0n) is 7.64. The molecule has 0 bridgehead atoms. The lowest BCUT2D eigenvalue weighted by atomic mass is 10.1. The Bertz CT molecular complexity index is 492. The second-order valence-electron chi connectivity index (χ2n) is 3.73. The van der Waals surface area contributed by atoms with Crippen LogP contribution in [0.15, 0.2) is 24.4 Å². The number of fused-ring (bicyclic) bond motifs is 1. The molecule has 1 saturated carbocycles. The molecule has 1 aliphatic carbocycles. The van der Waals surface area contributed by atoms with E-state index in [-0.39, 0.29) is 5.88 Å². The molecule has 3 nitrogen and oxygen atoms in total. The molecule has 1 N–H and O–H groups in total. The van der Waals surface area contributed by atoms with Crippen LogP contribution in [0.1, 0.15) is 24.3 Å². The molecule has 3 heteroatoms. The van der Waals surface area contributed by atoms with Gasteiger partial charge in [-0.05, 0) is 37.0 Å². The minimum Gasteiger partial charge on any atom is -0.493 e. The Balaban J connectivity index is 2.26. The molecule has 1 aliphatic rings. The van der Waals surface area contributed by atoms with Crippen molar-refractivity contribution in [2.75, 3.05) is 0 Å². The van der Waals surface area contributed by atoms with Gasteiger partial charge in [0, 0.05) is 17.1 Å². The molecule has 1 fully saturated rings. The van der Waals surface area contributed by atoms with Gasteiger partial charge < -0.3 is 5.11 Å². The van der Waals surface area contributed by atoms with Crippen LogP contribution in [0.5, 0.6) is 5.88 Å². The highest BCUT2D eigenvalue weighted by molar-refractivity contribution is 5.76. The van der Waals surface area contributed by atoms with E-state index < -0.39 is 0 Å². The van der Waals surface area contributed by atoms with Gasteiger partial charge in [-0.3, -0.25) is 0 Å². The normalized spacial score (nSPS) is 16.0. The predicted molar refractivity (Wildman–Crippen MR) is 53.2 cm³/mol. The fourth-order valence-electron chi connectivity index (χ4n) is 1.71. The van der Waals surface area contributed by atoms with E-state index in [1.54, 1.807) is 6.20 Å². The van der Waals surface area contributed by atoms with Gasteiger partial charge in [-0.25, -0.2) is 4.98 Å². The van der Waals surface area contributed by atoms with Gasteiger partial charge >= 0.3 is 0 Å². The van der Waals surface area contributed by atoms with Gasteiger partial charge in [0.05, 0.1) is 0 Å². The first-order chi connectivity index (χ1) is 6.84. The van der Waals surface area contributed by atoms with E-state index in [0.717, 1.165) is 10.9 Å². The standard InChI is InChI=1S/C11H10N2O/c14-11-9(7-3-4-7)6-8-2-1-5-12-10(8)13-11/h1-2,5-7H,3-4H2,(H,12,13,14). The van der Waals surface area contributed by atoms with E-state index >= 15 is 0 Å². The van der Waals surface area contributed by atoms with Crippen molar-refractivity contribution in [3.05, 3.63) is 30.0 Å². The van der Waals surface area contributed by atoms with Gasteiger partial charge in [0.1, 0.15) is 0 Å². The lowest BCUT2D eigenvalue weighted by molar-refractivity contribution is 0.448. The molecule has 0 radical (unpaired) electrons. The number of pyridine rings is 2. The maximum Gasteiger partial charge on any atom is 0.216 e. The summed E-state index contributed by atoms with van der Waals surface area (Å²) in [5, 5.41) is 10.7. The van der Waals surface area contributed by atoms with E-state index in [4.69, 9.17) is 0 Å². The topological polar surface area (TPSA) is 46.0 Å². The number of nitrogens with zero attached hydrogens (tertiary/aromatic N) is 2. The molecule has 0 amide bonds. The van der Waals surface area contributed by atoms with Gasteiger partial charge in [-0.15, -0.1) is 0 Å². The average molecular weight is 186 g/mol. The fraction of sp³-hybridized carbons (Fsp3) is 0.273. The molecule has 0 atom stereocenters. The summed E-state index contributed by atoms with van der Waals surface area (Å²) in [6, 6.07) is 5.86. The Morgan fingerprint density at radius 2 is 2.21 bits per heavy atom. The van der Waals surface area contributed by atoms with Crippen LogP contribution in [0.2, 0.25) is 0 Å². The lowest BCUT2D eigenvalue weighted by Gasteiger charge is -2.03. The lowest BCUT2D eigenvalue weighted by Crippen LogP contribution is -1.88. The smallest absolute Gasteiger partial charge is 0.216 e. The Labute approximate surface area is 81.4 Å². The third-order valence-electron chi connectivity index (χ3n) is 2.62. The van der Waals surface area contributed by atoms with Crippen LogP contribution in [0.4, 0.5) is 0 Å². The molecule has 2 heterocycles. The molecule has 2 aromatic rings. The number of hydrogen-bond acceptors (Lipinski definition) is 3. The van der Waals surface area contributed by atoms with Crippen molar-refractivity contribution >= 4 is 11.0 Å². The monoisotopic (exact) mass is 186 g/mol. The van der Waals surface area contributed by atoms with Gasteiger partial charge in [0.2, 0.25) is 5.88 Å². The summed E-state index contributed by atoms with van der Waals surface area (Å²) in [6.45, 7) is 0. The predicted octanol–water partition coefficient (Wildman–Crippen LogP) is 2.21. The Hall–Kier alpha value is -1.64. The highest BCUT2D eigenvalue weighted by atomic mass is 16.3. The van der Waals surface area contributed by atoms with Crippen molar-refractivity contribution < 1.29 is 5.11 Å². The second kappa shape index (κ2) is 2.67. The second-order valence-corrected chi connectivity index (χ2v) is 3.73. The summed E-state index contributed by atoms with van der Waals surface area (Å²) in [4.78, 5) is 8.17. The molecule has 0 saturated heterocycles. The summed E-state index contributed by atoms with van der Waals surface area (Å²) in [5.74, 6) is 0.672. The Morgan fingerprint density at radius 1 is 1.36 bits per heavy atom. The van der Waals surface area contributed by atoms with Crippen LogP contribution in [-0.4, -0.2) is 15.1 Å².